The van der Waals surface area contributed by atoms with E-state index in [1.54, 1.807) is 24.3 Å². The maximum absolute atomic E-state index is 12.2. The van der Waals surface area contributed by atoms with Crippen molar-refractivity contribution in [3.63, 3.8) is 0 Å². The molecule has 6 heteroatoms. The Morgan fingerprint density at radius 2 is 1.87 bits per heavy atom. The molecule has 2 rings (SSSR count). The molecule has 2 aromatic carbocycles. The molecule has 1 amide bonds. The number of rotatable bonds is 11. The first kappa shape index (κ1) is 23.9. The molecule has 1 N–H and O–H groups in total. The summed E-state index contributed by atoms with van der Waals surface area (Å²) in [5.74, 6) is 0.733. The highest BCUT2D eigenvalue weighted by atomic mass is 79.9. The molecule has 0 bridgehead atoms. The van der Waals surface area contributed by atoms with Crippen LogP contribution >= 0.6 is 15.9 Å². The Morgan fingerprint density at radius 1 is 1.07 bits per heavy atom. The summed E-state index contributed by atoms with van der Waals surface area (Å²) in [6, 6.07) is 12.9. The van der Waals surface area contributed by atoms with E-state index < -0.39 is 0 Å². The van der Waals surface area contributed by atoms with E-state index in [0.29, 0.717) is 43.2 Å². The number of nitrogens with one attached hydrogen (secondary N) is 1. The second-order valence-electron chi connectivity index (χ2n) is 7.42. The molecule has 30 heavy (non-hydrogen) atoms. The number of esters is 1. The van der Waals surface area contributed by atoms with Gasteiger partial charge in [-0.05, 0) is 70.6 Å². The highest BCUT2D eigenvalue weighted by Gasteiger charge is 2.10. The van der Waals surface area contributed by atoms with Crippen molar-refractivity contribution in [1.82, 2.24) is 0 Å². The molecule has 162 valence electrons. The van der Waals surface area contributed by atoms with Crippen LogP contribution in [0.3, 0.4) is 0 Å². The van der Waals surface area contributed by atoms with Crippen molar-refractivity contribution in [1.29, 1.82) is 0 Å². The second-order valence-corrected chi connectivity index (χ2v) is 8.27. The van der Waals surface area contributed by atoms with Gasteiger partial charge in [0.2, 0.25) is 5.91 Å². The fourth-order valence-electron chi connectivity index (χ4n) is 2.75. The number of unbranched alkanes of at least 4 members (excludes halogenated alkanes) is 1. The third-order valence-electron chi connectivity index (χ3n) is 4.54. The van der Waals surface area contributed by atoms with Crippen LogP contribution in [0.15, 0.2) is 46.9 Å². The largest absolute Gasteiger partial charge is 0.492 e. The zero-order valence-corrected chi connectivity index (χ0v) is 19.5. The standard InChI is InChI=1S/C24H30BrNO4/c1-4-5-13-30-24(28)19-8-6-9-20(15-19)26-23(27)10-7-14-29-22-12-11-18(17(2)3)16-21(22)25/h6,8-9,11-12,15-17H,4-5,7,10,13-14H2,1-3H3,(H,26,27). The van der Waals surface area contributed by atoms with Crippen molar-refractivity contribution in [3.8, 4) is 5.75 Å². The molecule has 0 spiro atoms. The molecule has 0 radical (unpaired) electrons. The van der Waals surface area contributed by atoms with Gasteiger partial charge in [-0.2, -0.15) is 0 Å². The van der Waals surface area contributed by atoms with Crippen molar-refractivity contribution in [2.75, 3.05) is 18.5 Å². The van der Waals surface area contributed by atoms with Crippen molar-refractivity contribution in [2.45, 2.75) is 52.4 Å². The molecule has 0 unspecified atom stereocenters. The van der Waals surface area contributed by atoms with Crippen LogP contribution < -0.4 is 10.1 Å². The zero-order chi connectivity index (χ0) is 21.9. The first-order valence-electron chi connectivity index (χ1n) is 10.4. The smallest absolute Gasteiger partial charge is 0.338 e. The maximum atomic E-state index is 12.2. The molecule has 0 aromatic heterocycles. The molecule has 0 aliphatic carbocycles. The lowest BCUT2D eigenvalue weighted by molar-refractivity contribution is -0.116. The van der Waals surface area contributed by atoms with Crippen LogP contribution in [0.5, 0.6) is 5.75 Å². The molecule has 0 aliphatic rings. The number of benzene rings is 2. The van der Waals surface area contributed by atoms with Crippen LogP contribution in [-0.4, -0.2) is 25.1 Å². The van der Waals surface area contributed by atoms with Crippen LogP contribution in [0.4, 0.5) is 5.69 Å². The van der Waals surface area contributed by atoms with Gasteiger partial charge in [-0.3, -0.25) is 4.79 Å². The van der Waals surface area contributed by atoms with Crippen molar-refractivity contribution < 1.29 is 19.1 Å². The number of halogens is 1. The first-order valence-corrected chi connectivity index (χ1v) is 11.2. The molecular formula is C24H30BrNO4. The summed E-state index contributed by atoms with van der Waals surface area (Å²) in [6.45, 7) is 7.17. The van der Waals surface area contributed by atoms with Gasteiger partial charge in [-0.25, -0.2) is 4.79 Å². The molecule has 0 fully saturated rings. The molecule has 0 atom stereocenters. The lowest BCUT2D eigenvalue weighted by Gasteiger charge is -2.11. The quantitative estimate of drug-likeness (QED) is 0.304. The summed E-state index contributed by atoms with van der Waals surface area (Å²) in [5, 5.41) is 2.82. The van der Waals surface area contributed by atoms with E-state index in [4.69, 9.17) is 9.47 Å². The van der Waals surface area contributed by atoms with E-state index in [9.17, 15) is 9.59 Å². The van der Waals surface area contributed by atoms with E-state index in [0.717, 1.165) is 23.1 Å². The van der Waals surface area contributed by atoms with Crippen molar-refractivity contribution in [3.05, 3.63) is 58.1 Å². The number of ether oxygens (including phenoxy) is 2. The van der Waals surface area contributed by atoms with E-state index in [1.165, 1.54) is 5.56 Å². The van der Waals surface area contributed by atoms with Gasteiger partial charge in [0.05, 0.1) is 23.2 Å². The fraction of sp³-hybridized carbons (Fsp3) is 0.417. The zero-order valence-electron chi connectivity index (χ0n) is 17.9. The Hall–Kier alpha value is -2.34. The molecule has 0 saturated carbocycles. The lowest BCUT2D eigenvalue weighted by Crippen LogP contribution is -2.13. The molecule has 0 saturated heterocycles. The van der Waals surface area contributed by atoms with Gasteiger partial charge >= 0.3 is 5.97 Å². The van der Waals surface area contributed by atoms with Crippen LogP contribution in [-0.2, 0) is 9.53 Å². The first-order chi connectivity index (χ1) is 14.4. The van der Waals surface area contributed by atoms with E-state index in [1.807, 2.05) is 13.0 Å². The van der Waals surface area contributed by atoms with Gasteiger partial charge in [0.25, 0.3) is 0 Å². The van der Waals surface area contributed by atoms with Gasteiger partial charge in [0, 0.05) is 12.1 Å². The Labute approximate surface area is 187 Å². The molecule has 2 aromatic rings. The summed E-state index contributed by atoms with van der Waals surface area (Å²) in [6.07, 6.45) is 2.71. The lowest BCUT2D eigenvalue weighted by atomic mass is 10.0. The van der Waals surface area contributed by atoms with E-state index >= 15 is 0 Å². The SMILES string of the molecule is CCCCOC(=O)c1cccc(NC(=O)CCCOc2ccc(C(C)C)cc2Br)c1. The molecular weight excluding hydrogens is 446 g/mol. The normalized spacial score (nSPS) is 10.7. The molecule has 0 aliphatic heterocycles. The van der Waals surface area contributed by atoms with Crippen LogP contribution in [0, 0.1) is 0 Å². The van der Waals surface area contributed by atoms with Gasteiger partial charge < -0.3 is 14.8 Å². The fourth-order valence-corrected chi connectivity index (χ4v) is 3.26. The van der Waals surface area contributed by atoms with E-state index in [-0.39, 0.29) is 11.9 Å². The van der Waals surface area contributed by atoms with Crippen LogP contribution in [0.2, 0.25) is 0 Å². The summed E-state index contributed by atoms with van der Waals surface area (Å²) >= 11 is 3.54. The average molecular weight is 476 g/mol. The van der Waals surface area contributed by atoms with Crippen LogP contribution in [0.1, 0.15) is 68.3 Å². The predicted molar refractivity (Wildman–Crippen MR) is 123 cm³/mol. The Morgan fingerprint density at radius 3 is 2.57 bits per heavy atom. The predicted octanol–water partition coefficient (Wildman–Crippen LogP) is 6.33. The Bertz CT molecular complexity index is 851. The number of carbonyl (C=O) groups excluding carboxylic acids is 2. The van der Waals surface area contributed by atoms with Gasteiger partial charge in [-0.15, -0.1) is 0 Å². The van der Waals surface area contributed by atoms with Crippen molar-refractivity contribution >= 4 is 33.5 Å². The minimum absolute atomic E-state index is 0.121. The molecule has 0 heterocycles. The van der Waals surface area contributed by atoms with E-state index in [2.05, 4.69) is 47.2 Å². The number of hydrogen-bond donors (Lipinski definition) is 1. The minimum Gasteiger partial charge on any atom is -0.492 e. The number of anilines is 1. The second kappa shape index (κ2) is 12.4. The van der Waals surface area contributed by atoms with Gasteiger partial charge in [0.1, 0.15) is 5.75 Å². The minimum atomic E-state index is -0.373. The van der Waals surface area contributed by atoms with Crippen LogP contribution in [0.25, 0.3) is 0 Å². The topological polar surface area (TPSA) is 64.6 Å². The maximum Gasteiger partial charge on any atom is 0.338 e. The van der Waals surface area contributed by atoms with Gasteiger partial charge in [0.15, 0.2) is 0 Å². The number of hydrogen-bond acceptors (Lipinski definition) is 4. The number of amides is 1. The molecule has 5 nitrogen and oxygen atoms in total. The third-order valence-corrected chi connectivity index (χ3v) is 5.16. The van der Waals surface area contributed by atoms with Gasteiger partial charge in [-0.1, -0.05) is 39.3 Å². The van der Waals surface area contributed by atoms with Crippen molar-refractivity contribution in [2.24, 2.45) is 0 Å². The Kier molecular flexibility index (Phi) is 9.87. The summed E-state index contributed by atoms with van der Waals surface area (Å²) < 4.78 is 11.9. The summed E-state index contributed by atoms with van der Waals surface area (Å²) in [5.41, 5.74) is 2.25. The highest BCUT2D eigenvalue weighted by molar-refractivity contribution is 9.10. The third kappa shape index (κ3) is 7.82. The number of carbonyl (C=O) groups is 2. The average Bonchev–Trinajstić information content (AvgIpc) is 2.72. The Balaban J connectivity index is 1.77. The summed E-state index contributed by atoms with van der Waals surface area (Å²) in [7, 11) is 0. The monoisotopic (exact) mass is 475 g/mol. The highest BCUT2D eigenvalue weighted by Crippen LogP contribution is 2.29. The summed E-state index contributed by atoms with van der Waals surface area (Å²) in [4.78, 5) is 24.2.